The van der Waals surface area contributed by atoms with E-state index in [4.69, 9.17) is 4.74 Å². The molecule has 7 rings (SSSR count). The Labute approximate surface area is 298 Å². The van der Waals surface area contributed by atoms with Crippen LogP contribution >= 0.6 is 0 Å². The number of aromatic nitrogens is 2. The summed E-state index contributed by atoms with van der Waals surface area (Å²) in [4.78, 5) is 49.5. The minimum Gasteiger partial charge on any atom is -0.443 e. The Kier molecular flexibility index (Phi) is 9.32. The van der Waals surface area contributed by atoms with Gasteiger partial charge in [0.05, 0.1) is 11.2 Å². The standard InChI is InChI=1S/C38H38F3N7O4/c1-36(15-6-16-36)52-35(51)44-17-2-3-20-48-33(49)37(38(39,40)41,30-8-4-9-31-29(30)7-5-18-43-31)21-32(46-48)25-10-12-28(13-11-25)45-34(50)47-23-26-14-19-42-22-27(26)24-47/h4-5,7-14,18-19,22H,2-3,6,15-17,20-21,23-24H2,1H3,(H,44,51)(H,45,50)/t37-/m1/s1. The van der Waals surface area contributed by atoms with Gasteiger partial charge in [0.25, 0.3) is 5.91 Å². The number of nitrogens with one attached hydrogen (secondary N) is 2. The molecule has 270 valence electrons. The first-order valence-corrected chi connectivity index (χ1v) is 17.3. The van der Waals surface area contributed by atoms with Gasteiger partial charge in [-0.25, -0.2) is 14.6 Å². The summed E-state index contributed by atoms with van der Waals surface area (Å²) in [5.74, 6) is -1.18. The van der Waals surface area contributed by atoms with Gasteiger partial charge in [0.2, 0.25) is 0 Å². The molecule has 0 unspecified atom stereocenters. The lowest BCUT2D eigenvalue weighted by Crippen LogP contribution is -2.58. The van der Waals surface area contributed by atoms with Crippen molar-refractivity contribution >= 4 is 40.3 Å². The predicted octanol–water partition coefficient (Wildman–Crippen LogP) is 7.06. The van der Waals surface area contributed by atoms with E-state index in [0.717, 1.165) is 35.4 Å². The van der Waals surface area contributed by atoms with Gasteiger partial charge in [0.1, 0.15) is 5.60 Å². The quantitative estimate of drug-likeness (QED) is 0.179. The largest absolute Gasteiger partial charge is 0.443 e. The minimum atomic E-state index is -5.01. The highest BCUT2D eigenvalue weighted by molar-refractivity contribution is 6.09. The topological polar surface area (TPSA) is 129 Å². The van der Waals surface area contributed by atoms with Crippen molar-refractivity contribution < 1.29 is 32.3 Å². The van der Waals surface area contributed by atoms with Gasteiger partial charge in [0.15, 0.2) is 5.41 Å². The molecule has 52 heavy (non-hydrogen) atoms. The zero-order valence-electron chi connectivity index (χ0n) is 28.6. The van der Waals surface area contributed by atoms with E-state index < -0.39 is 35.6 Å². The lowest BCUT2D eigenvalue weighted by molar-refractivity contribution is -0.201. The lowest BCUT2D eigenvalue weighted by atomic mass is 9.71. The number of fused-ring (bicyclic) bond motifs is 2. The number of halogens is 3. The third-order valence-electron chi connectivity index (χ3n) is 10.2. The van der Waals surface area contributed by atoms with Crippen molar-refractivity contribution in [3.8, 4) is 0 Å². The van der Waals surface area contributed by atoms with Crippen LogP contribution in [0.1, 0.15) is 67.7 Å². The number of anilines is 1. The third kappa shape index (κ3) is 6.76. The second kappa shape index (κ2) is 13.9. The first-order valence-electron chi connectivity index (χ1n) is 17.3. The second-order valence-electron chi connectivity index (χ2n) is 13.8. The molecule has 1 fully saturated rings. The summed E-state index contributed by atoms with van der Waals surface area (Å²) in [6.45, 7) is 2.84. The molecule has 14 heteroatoms. The van der Waals surface area contributed by atoms with E-state index in [1.807, 2.05) is 13.0 Å². The van der Waals surface area contributed by atoms with Crippen LogP contribution in [0.4, 0.5) is 28.4 Å². The van der Waals surface area contributed by atoms with Gasteiger partial charge < -0.3 is 20.3 Å². The number of ether oxygens (including phenoxy) is 1. The Morgan fingerprint density at radius 2 is 1.75 bits per heavy atom. The molecule has 1 aliphatic carbocycles. The van der Waals surface area contributed by atoms with E-state index >= 15 is 13.2 Å². The number of carbonyl (C=O) groups is 3. The van der Waals surface area contributed by atoms with E-state index in [9.17, 15) is 14.4 Å². The van der Waals surface area contributed by atoms with Crippen molar-refractivity contribution in [2.24, 2.45) is 5.10 Å². The SMILES string of the molecule is CC1(OC(=O)NCCCCN2N=C(c3ccc(NC(=O)N4Cc5ccncc5C4)cc3)C[C@](c3cccc4ncccc34)(C(F)(F)F)C2=O)CCC1. The lowest BCUT2D eigenvalue weighted by Gasteiger charge is -2.41. The van der Waals surface area contributed by atoms with Crippen molar-refractivity contribution in [1.29, 1.82) is 0 Å². The Balaban J connectivity index is 1.13. The molecule has 2 N–H and O–H groups in total. The fourth-order valence-electron chi connectivity index (χ4n) is 7.07. The molecule has 1 saturated carbocycles. The molecule has 0 radical (unpaired) electrons. The molecule has 2 aliphatic heterocycles. The van der Waals surface area contributed by atoms with Crippen molar-refractivity contribution in [3.63, 3.8) is 0 Å². The van der Waals surface area contributed by atoms with Gasteiger partial charge in [-0.1, -0.05) is 30.3 Å². The number of alkyl halides is 3. The van der Waals surface area contributed by atoms with Gasteiger partial charge in [-0.2, -0.15) is 18.3 Å². The molecule has 3 aliphatic rings. The zero-order valence-corrected chi connectivity index (χ0v) is 28.6. The Hall–Kier alpha value is -5.53. The summed E-state index contributed by atoms with van der Waals surface area (Å²) >= 11 is 0. The van der Waals surface area contributed by atoms with Crippen LogP contribution in [0, 0.1) is 0 Å². The van der Waals surface area contributed by atoms with E-state index in [1.165, 1.54) is 24.4 Å². The van der Waals surface area contributed by atoms with Gasteiger partial charge in [-0.3, -0.25) is 14.8 Å². The highest BCUT2D eigenvalue weighted by Gasteiger charge is 2.65. The molecule has 2 aromatic heterocycles. The number of urea groups is 1. The van der Waals surface area contributed by atoms with E-state index in [2.05, 4.69) is 25.7 Å². The number of nitrogens with zero attached hydrogens (tertiary/aromatic N) is 5. The molecule has 1 atom stereocenters. The highest BCUT2D eigenvalue weighted by atomic mass is 19.4. The fraction of sp³-hybridized carbons (Fsp3) is 0.368. The normalized spacial score (nSPS) is 19.5. The summed E-state index contributed by atoms with van der Waals surface area (Å²) in [5, 5.41) is 11.2. The highest BCUT2D eigenvalue weighted by Crippen LogP contribution is 2.50. The van der Waals surface area contributed by atoms with Crippen LogP contribution < -0.4 is 10.6 Å². The Morgan fingerprint density at radius 3 is 2.48 bits per heavy atom. The number of pyridine rings is 2. The minimum absolute atomic E-state index is 0.0635. The number of carbonyl (C=O) groups excluding carboxylic acids is 3. The second-order valence-corrected chi connectivity index (χ2v) is 13.8. The fourth-order valence-corrected chi connectivity index (χ4v) is 7.07. The van der Waals surface area contributed by atoms with Crippen molar-refractivity contribution in [2.75, 3.05) is 18.4 Å². The number of rotatable bonds is 9. The number of amides is 4. The summed E-state index contributed by atoms with van der Waals surface area (Å²) in [6.07, 6.45) is 1.86. The van der Waals surface area contributed by atoms with Crippen molar-refractivity contribution in [1.82, 2.24) is 25.2 Å². The maximum atomic E-state index is 15.6. The molecule has 0 saturated heterocycles. The monoisotopic (exact) mass is 713 g/mol. The molecule has 4 heterocycles. The zero-order chi connectivity index (χ0) is 36.5. The molecule has 0 bridgehead atoms. The van der Waals surface area contributed by atoms with Crippen molar-refractivity contribution in [2.45, 2.75) is 75.7 Å². The van der Waals surface area contributed by atoms with Crippen LogP contribution in [0.25, 0.3) is 10.9 Å². The summed E-state index contributed by atoms with van der Waals surface area (Å²) in [7, 11) is 0. The van der Waals surface area contributed by atoms with E-state index in [0.29, 0.717) is 36.3 Å². The van der Waals surface area contributed by atoms with Gasteiger partial charge in [-0.15, -0.1) is 0 Å². The number of benzene rings is 2. The maximum absolute atomic E-state index is 15.6. The Bertz CT molecular complexity index is 2000. The molecule has 2 aromatic carbocycles. The predicted molar refractivity (Wildman–Crippen MR) is 187 cm³/mol. The summed E-state index contributed by atoms with van der Waals surface area (Å²) in [5.41, 5.74) is -0.422. The van der Waals surface area contributed by atoms with Crippen molar-refractivity contribution in [3.05, 3.63) is 102 Å². The Morgan fingerprint density at radius 1 is 0.962 bits per heavy atom. The van der Waals surface area contributed by atoms with Crippen LogP contribution in [0.2, 0.25) is 0 Å². The number of hydrazone groups is 1. The van der Waals surface area contributed by atoms with Crippen LogP contribution in [0.3, 0.4) is 0 Å². The maximum Gasteiger partial charge on any atom is 0.407 e. The first kappa shape index (κ1) is 34.9. The van der Waals surface area contributed by atoms with Crippen LogP contribution in [0.15, 0.2) is 84.4 Å². The molecule has 4 amide bonds. The van der Waals surface area contributed by atoms with Gasteiger partial charge in [-0.05, 0) is 91.6 Å². The van der Waals surface area contributed by atoms with Crippen LogP contribution in [-0.4, -0.2) is 68.5 Å². The summed E-state index contributed by atoms with van der Waals surface area (Å²) < 4.78 is 52.4. The average molecular weight is 714 g/mol. The van der Waals surface area contributed by atoms with Crippen LogP contribution in [-0.2, 0) is 28.0 Å². The molecule has 4 aromatic rings. The molecule has 11 nitrogen and oxygen atoms in total. The number of hydrogen-bond donors (Lipinski definition) is 2. The van der Waals surface area contributed by atoms with E-state index in [-0.39, 0.29) is 42.2 Å². The molecular weight excluding hydrogens is 675 g/mol. The average Bonchev–Trinajstić information content (AvgIpc) is 3.56. The number of alkyl carbamates (subject to hydrolysis) is 1. The van der Waals surface area contributed by atoms with Gasteiger partial charge in [0, 0.05) is 62.3 Å². The number of hydrogen-bond acceptors (Lipinski definition) is 7. The summed E-state index contributed by atoms with van der Waals surface area (Å²) in [6, 6.07) is 15.4. The first-order chi connectivity index (χ1) is 25.0. The van der Waals surface area contributed by atoms with E-state index in [1.54, 1.807) is 53.7 Å². The third-order valence-corrected chi connectivity index (χ3v) is 10.2. The molecular formula is C38H38F3N7O4. The smallest absolute Gasteiger partial charge is 0.407 e. The van der Waals surface area contributed by atoms with Crippen LogP contribution in [0.5, 0.6) is 0 Å². The van der Waals surface area contributed by atoms with Gasteiger partial charge >= 0.3 is 18.3 Å². The molecule has 0 spiro atoms. The number of unbranched alkanes of at least 4 members (excludes halogenated alkanes) is 1.